The lowest BCUT2D eigenvalue weighted by molar-refractivity contribution is -2.00. The van der Waals surface area contributed by atoms with Crippen LogP contribution in [-0.2, 0) is 0 Å². The normalized spacial score (nSPS) is 10.8. The second-order valence-electron chi connectivity index (χ2n) is 4.48. The summed E-state index contributed by atoms with van der Waals surface area (Å²) >= 11 is 0. The Bertz CT molecular complexity index is 796. The van der Waals surface area contributed by atoms with E-state index in [-0.39, 0.29) is 0 Å². The Morgan fingerprint density at radius 2 is 1.35 bits per heavy atom. The maximum absolute atomic E-state index is 11.2. The summed E-state index contributed by atoms with van der Waals surface area (Å²) in [5, 5.41) is 1.12. The highest BCUT2D eigenvalue weighted by molar-refractivity contribution is 5.79. The number of para-hydroxylation sites is 2. The lowest BCUT2D eigenvalue weighted by atomic mass is 10.1. The van der Waals surface area contributed by atoms with Gasteiger partial charge in [-0.3, -0.25) is 4.79 Å². The molecule has 0 amide bonds. The molecule has 6 nitrogen and oxygen atoms in total. The van der Waals surface area contributed by atoms with Gasteiger partial charge in [0.1, 0.15) is 0 Å². The van der Waals surface area contributed by atoms with Crippen molar-refractivity contribution in [1.82, 2.24) is 0 Å². The quantitative estimate of drug-likeness (QED) is 0.404. The van der Waals surface area contributed by atoms with E-state index in [4.69, 9.17) is 18.6 Å². The fourth-order valence-electron chi connectivity index (χ4n) is 2.18. The number of halogens is 1. The second-order valence-corrected chi connectivity index (χ2v) is 5.24. The van der Waals surface area contributed by atoms with Crippen LogP contribution in [0, 0.1) is 10.2 Å². The van der Waals surface area contributed by atoms with Crippen molar-refractivity contribution in [3.8, 4) is 5.69 Å². The molecule has 0 fully saturated rings. The van der Waals surface area contributed by atoms with Crippen molar-refractivity contribution in [2.75, 3.05) is 0 Å². The van der Waals surface area contributed by atoms with Crippen LogP contribution in [0.2, 0.25) is 0 Å². The molecule has 7 heteroatoms. The molecule has 2 aromatic carbocycles. The van der Waals surface area contributed by atoms with Gasteiger partial charge in [-0.25, -0.2) is 18.6 Å². The highest BCUT2D eigenvalue weighted by atomic mass is 35.7. The Labute approximate surface area is 134 Å². The number of nitrogens with zero attached hydrogens (tertiary/aromatic N) is 1. The van der Waals surface area contributed by atoms with E-state index in [1.54, 1.807) is 0 Å². The molecule has 1 heterocycles. The van der Waals surface area contributed by atoms with Gasteiger partial charge >= 0.3 is 0 Å². The largest absolute Gasteiger partial charge is 0.291 e. The van der Waals surface area contributed by atoms with Gasteiger partial charge in [-0.05, 0) is 12.1 Å². The lowest BCUT2D eigenvalue weighted by Crippen LogP contribution is -2.68. The van der Waals surface area contributed by atoms with Crippen LogP contribution in [-0.4, -0.2) is 6.29 Å². The first-order valence-corrected chi connectivity index (χ1v) is 7.70. The van der Waals surface area contributed by atoms with Crippen LogP contribution in [0.25, 0.3) is 16.6 Å². The summed E-state index contributed by atoms with van der Waals surface area (Å²) < 4.78 is 35.9. The summed E-state index contributed by atoms with van der Waals surface area (Å²) in [5.41, 5.74) is 2.68. The van der Waals surface area contributed by atoms with E-state index in [1.165, 1.54) is 0 Å². The molecule has 0 spiro atoms. The number of benzene rings is 2. The zero-order valence-corrected chi connectivity index (χ0v) is 12.6. The van der Waals surface area contributed by atoms with E-state index in [0.29, 0.717) is 5.69 Å². The summed E-state index contributed by atoms with van der Waals surface area (Å²) in [7, 11) is -4.94. The van der Waals surface area contributed by atoms with Crippen molar-refractivity contribution >= 4 is 17.2 Å². The Hall–Kier alpha value is -2.35. The molecule has 0 unspecified atom stereocenters. The van der Waals surface area contributed by atoms with Gasteiger partial charge in [0.15, 0.2) is 0 Å². The predicted molar refractivity (Wildman–Crippen MR) is 70.9 cm³/mol. The molecular weight excluding hydrogens is 322 g/mol. The van der Waals surface area contributed by atoms with Crippen LogP contribution in [0.15, 0.2) is 66.7 Å². The second kappa shape index (κ2) is 7.28. The first-order chi connectivity index (χ1) is 10.9. The summed E-state index contributed by atoms with van der Waals surface area (Å²) in [6, 6.07) is 21.8. The maximum atomic E-state index is 11.2. The molecule has 0 saturated carbocycles. The van der Waals surface area contributed by atoms with E-state index >= 15 is 0 Å². The molecule has 0 atom stereocenters. The molecule has 3 aromatic rings. The standard InChI is InChI=1S/C16H12NO.ClHO4/c18-12-15-11-10-13-6-4-5-9-16(13)17(15)14-7-2-1-3-8-14;2-1(3,4)5/h1-12H;(H,2,3,4,5)/q+1;/p-1. The van der Waals surface area contributed by atoms with E-state index < -0.39 is 10.2 Å². The average molecular weight is 334 g/mol. The van der Waals surface area contributed by atoms with Gasteiger partial charge in [0.25, 0.3) is 5.69 Å². The van der Waals surface area contributed by atoms with Crippen molar-refractivity contribution < 1.29 is 38.2 Å². The highest BCUT2D eigenvalue weighted by Crippen LogP contribution is 2.12. The molecule has 0 N–H and O–H groups in total. The Kier molecular flexibility index (Phi) is 5.38. The molecule has 0 bridgehead atoms. The van der Waals surface area contributed by atoms with Crippen molar-refractivity contribution in [2.24, 2.45) is 0 Å². The van der Waals surface area contributed by atoms with Crippen LogP contribution >= 0.6 is 0 Å². The minimum absolute atomic E-state index is 0.653. The molecule has 118 valence electrons. The van der Waals surface area contributed by atoms with E-state index in [1.807, 2.05) is 71.3 Å². The first kappa shape index (κ1) is 17.0. The van der Waals surface area contributed by atoms with Crippen molar-refractivity contribution in [1.29, 1.82) is 0 Å². The summed E-state index contributed by atoms with van der Waals surface area (Å²) in [4.78, 5) is 11.2. The third kappa shape index (κ3) is 4.82. The van der Waals surface area contributed by atoms with Crippen LogP contribution in [0.3, 0.4) is 0 Å². The van der Waals surface area contributed by atoms with E-state index in [9.17, 15) is 4.79 Å². The number of fused-ring (bicyclic) bond motifs is 1. The molecular formula is C16H12ClNO5. The third-order valence-corrected chi connectivity index (χ3v) is 3.00. The minimum Gasteiger partial charge on any atom is -0.291 e. The molecule has 1 aromatic heterocycles. The molecule has 0 aliphatic rings. The molecule has 0 aliphatic heterocycles. The van der Waals surface area contributed by atoms with E-state index in [0.717, 1.165) is 22.9 Å². The fraction of sp³-hybridized carbons (Fsp3) is 0. The van der Waals surface area contributed by atoms with Crippen molar-refractivity contribution in [2.45, 2.75) is 0 Å². The van der Waals surface area contributed by atoms with E-state index in [2.05, 4.69) is 0 Å². The number of carbonyl (C=O) groups is 1. The number of hydrogen-bond donors (Lipinski definition) is 0. The summed E-state index contributed by atoms with van der Waals surface area (Å²) in [5.74, 6) is 0. The van der Waals surface area contributed by atoms with Crippen LogP contribution < -0.4 is 23.2 Å². The number of aromatic nitrogens is 1. The van der Waals surface area contributed by atoms with Gasteiger partial charge in [0.2, 0.25) is 17.5 Å². The Morgan fingerprint density at radius 3 is 1.96 bits per heavy atom. The van der Waals surface area contributed by atoms with Gasteiger partial charge < -0.3 is 0 Å². The molecule has 0 radical (unpaired) electrons. The van der Waals surface area contributed by atoms with Crippen molar-refractivity contribution in [3.05, 3.63) is 72.4 Å². The molecule has 23 heavy (non-hydrogen) atoms. The minimum atomic E-state index is -4.94. The van der Waals surface area contributed by atoms with Crippen LogP contribution in [0.5, 0.6) is 0 Å². The molecule has 3 rings (SSSR count). The van der Waals surface area contributed by atoms with Crippen LogP contribution in [0.1, 0.15) is 10.5 Å². The first-order valence-electron chi connectivity index (χ1n) is 6.46. The predicted octanol–water partition coefficient (Wildman–Crippen LogP) is -1.83. The Morgan fingerprint density at radius 1 is 0.783 bits per heavy atom. The monoisotopic (exact) mass is 333 g/mol. The average Bonchev–Trinajstić information content (AvgIpc) is 2.53. The van der Waals surface area contributed by atoms with Gasteiger partial charge in [-0.1, -0.05) is 30.3 Å². The maximum Gasteiger partial charge on any atom is 0.251 e. The van der Waals surface area contributed by atoms with Crippen LogP contribution in [0.4, 0.5) is 0 Å². The van der Waals surface area contributed by atoms with Gasteiger partial charge in [0.05, 0.1) is 0 Å². The fourth-order valence-corrected chi connectivity index (χ4v) is 2.18. The number of carbonyl (C=O) groups excluding carboxylic acids is 1. The smallest absolute Gasteiger partial charge is 0.251 e. The van der Waals surface area contributed by atoms with Gasteiger partial charge in [-0.2, -0.15) is 4.57 Å². The molecule has 0 saturated heterocycles. The SMILES string of the molecule is O=Cc1ccc2ccccc2[n+]1-c1ccccc1.[O-][Cl+3]([O-])([O-])[O-]. The van der Waals surface area contributed by atoms with Gasteiger partial charge in [-0.15, -0.1) is 10.2 Å². The number of pyridine rings is 1. The topological polar surface area (TPSA) is 113 Å². The lowest BCUT2D eigenvalue weighted by Gasteiger charge is -2.17. The summed E-state index contributed by atoms with van der Waals surface area (Å²) in [6.07, 6.45) is 0.888. The Balaban J connectivity index is 0.000000338. The highest BCUT2D eigenvalue weighted by Gasteiger charge is 2.16. The summed E-state index contributed by atoms with van der Waals surface area (Å²) in [6.45, 7) is 0. The number of hydrogen-bond acceptors (Lipinski definition) is 5. The number of aldehydes is 1. The third-order valence-electron chi connectivity index (χ3n) is 3.00. The zero-order chi connectivity index (χ0) is 16.9. The number of rotatable bonds is 2. The zero-order valence-electron chi connectivity index (χ0n) is 11.8. The molecule has 0 aliphatic carbocycles. The van der Waals surface area contributed by atoms with Gasteiger partial charge in [0, 0.05) is 29.7 Å². The van der Waals surface area contributed by atoms with Crippen molar-refractivity contribution in [3.63, 3.8) is 0 Å².